The Labute approximate surface area is 86.7 Å². The molecule has 0 spiro atoms. The summed E-state index contributed by atoms with van der Waals surface area (Å²) in [4.78, 5) is 4.63. The Morgan fingerprint density at radius 1 is 1.57 bits per heavy atom. The highest BCUT2D eigenvalue weighted by atomic mass is 16.3. The van der Waals surface area contributed by atoms with E-state index in [1.54, 1.807) is 0 Å². The number of piperidine rings is 1. The van der Waals surface area contributed by atoms with Gasteiger partial charge in [-0.3, -0.25) is 0 Å². The van der Waals surface area contributed by atoms with Crippen LogP contribution in [0.25, 0.3) is 0 Å². The van der Waals surface area contributed by atoms with Crippen molar-refractivity contribution in [3.8, 4) is 0 Å². The van der Waals surface area contributed by atoms with E-state index in [1.165, 1.54) is 12.8 Å². The van der Waals surface area contributed by atoms with Crippen LogP contribution in [0.15, 0.2) is 0 Å². The molecule has 0 radical (unpaired) electrons. The third-order valence-electron chi connectivity index (χ3n) is 2.94. The minimum absolute atomic E-state index is 0.0864. The number of hydrogen-bond acceptors (Lipinski definition) is 4. The summed E-state index contributed by atoms with van der Waals surface area (Å²) in [5.74, 6) is 0. The van der Waals surface area contributed by atoms with Crippen molar-refractivity contribution in [3.63, 3.8) is 0 Å². The summed E-state index contributed by atoms with van der Waals surface area (Å²) in [6, 6.07) is 0.561. The summed E-state index contributed by atoms with van der Waals surface area (Å²) >= 11 is 0. The predicted octanol–water partition coefficient (Wildman–Crippen LogP) is -0.668. The summed E-state index contributed by atoms with van der Waals surface area (Å²) in [6.07, 6.45) is 2.51. The van der Waals surface area contributed by atoms with E-state index in [2.05, 4.69) is 23.9 Å². The van der Waals surface area contributed by atoms with E-state index in [9.17, 15) is 0 Å². The fourth-order valence-electron chi connectivity index (χ4n) is 2.01. The molecule has 1 aliphatic rings. The van der Waals surface area contributed by atoms with Crippen molar-refractivity contribution in [2.45, 2.75) is 24.9 Å². The second-order valence-corrected chi connectivity index (χ2v) is 4.46. The molecule has 0 bridgehead atoms. The first-order valence-electron chi connectivity index (χ1n) is 5.38. The Morgan fingerprint density at radius 3 is 2.86 bits per heavy atom. The van der Waals surface area contributed by atoms with Crippen LogP contribution in [-0.2, 0) is 0 Å². The maximum atomic E-state index is 8.88. The van der Waals surface area contributed by atoms with Gasteiger partial charge in [-0.05, 0) is 33.5 Å². The van der Waals surface area contributed by atoms with Gasteiger partial charge in [0.2, 0.25) is 0 Å². The molecule has 2 atom stereocenters. The van der Waals surface area contributed by atoms with Gasteiger partial charge in [-0.2, -0.15) is 0 Å². The van der Waals surface area contributed by atoms with E-state index in [0.29, 0.717) is 6.04 Å². The molecule has 0 amide bonds. The maximum absolute atomic E-state index is 8.88. The lowest BCUT2D eigenvalue weighted by atomic mass is 10.0. The van der Waals surface area contributed by atoms with Gasteiger partial charge < -0.3 is 20.6 Å². The van der Waals surface area contributed by atoms with E-state index in [1.807, 2.05) is 0 Å². The molecule has 4 nitrogen and oxygen atoms in total. The minimum Gasteiger partial charge on any atom is -0.395 e. The largest absolute Gasteiger partial charge is 0.395 e. The molecule has 84 valence electrons. The molecule has 0 saturated carbocycles. The van der Waals surface area contributed by atoms with Gasteiger partial charge in [-0.15, -0.1) is 0 Å². The Kier molecular flexibility index (Phi) is 4.81. The van der Waals surface area contributed by atoms with Crippen LogP contribution >= 0.6 is 0 Å². The summed E-state index contributed by atoms with van der Waals surface area (Å²) < 4.78 is 0. The number of aliphatic hydroxyl groups excluding tert-OH is 1. The quantitative estimate of drug-likeness (QED) is 0.633. The molecule has 1 rings (SSSR count). The van der Waals surface area contributed by atoms with Crippen molar-refractivity contribution in [1.82, 2.24) is 9.80 Å². The van der Waals surface area contributed by atoms with Gasteiger partial charge in [-0.25, -0.2) is 0 Å². The van der Waals surface area contributed by atoms with Gasteiger partial charge >= 0.3 is 0 Å². The molecule has 4 heteroatoms. The third-order valence-corrected chi connectivity index (χ3v) is 2.94. The number of likely N-dealkylation sites (N-methyl/N-ethyl adjacent to an activating group) is 1. The maximum Gasteiger partial charge on any atom is 0.0595 e. The molecule has 0 aliphatic carbocycles. The standard InChI is InChI=1S/C10H23N3O/c1-12(2)10-4-3-5-13(7-10)6-9(11)8-14/h9-10,14H,3-8,11H2,1-2H3. The normalized spacial score (nSPS) is 26.8. The molecule has 1 saturated heterocycles. The van der Waals surface area contributed by atoms with Gasteiger partial charge in [0.25, 0.3) is 0 Å². The Morgan fingerprint density at radius 2 is 2.29 bits per heavy atom. The summed E-state index contributed by atoms with van der Waals surface area (Å²) in [6.45, 7) is 3.11. The summed E-state index contributed by atoms with van der Waals surface area (Å²) in [7, 11) is 4.25. The molecule has 2 unspecified atom stereocenters. The van der Waals surface area contributed by atoms with Crippen LogP contribution in [-0.4, -0.2) is 67.3 Å². The van der Waals surface area contributed by atoms with Crippen LogP contribution in [0.2, 0.25) is 0 Å². The zero-order valence-corrected chi connectivity index (χ0v) is 9.32. The Hall–Kier alpha value is -0.160. The van der Waals surface area contributed by atoms with Crippen molar-refractivity contribution >= 4 is 0 Å². The predicted molar refractivity (Wildman–Crippen MR) is 58.2 cm³/mol. The zero-order valence-electron chi connectivity index (χ0n) is 9.32. The van der Waals surface area contributed by atoms with Gasteiger partial charge in [0.05, 0.1) is 6.61 Å². The van der Waals surface area contributed by atoms with E-state index < -0.39 is 0 Å². The van der Waals surface area contributed by atoms with Crippen LogP contribution in [0.5, 0.6) is 0 Å². The summed E-state index contributed by atoms with van der Waals surface area (Å²) in [5.41, 5.74) is 5.72. The van der Waals surface area contributed by atoms with Crippen molar-refractivity contribution in [3.05, 3.63) is 0 Å². The average molecular weight is 201 g/mol. The van der Waals surface area contributed by atoms with Gasteiger partial charge in [0, 0.05) is 25.2 Å². The second-order valence-electron chi connectivity index (χ2n) is 4.46. The second kappa shape index (κ2) is 5.66. The fourth-order valence-corrected chi connectivity index (χ4v) is 2.01. The van der Waals surface area contributed by atoms with Crippen LogP contribution < -0.4 is 5.73 Å². The molecule has 0 aromatic carbocycles. The Bertz CT molecular complexity index is 163. The van der Waals surface area contributed by atoms with Gasteiger partial charge in [0.15, 0.2) is 0 Å². The minimum atomic E-state index is -0.0871. The first-order valence-corrected chi connectivity index (χ1v) is 5.38. The van der Waals surface area contributed by atoms with Gasteiger partial charge in [-0.1, -0.05) is 0 Å². The van der Waals surface area contributed by atoms with E-state index in [4.69, 9.17) is 10.8 Å². The monoisotopic (exact) mass is 201 g/mol. The number of likely N-dealkylation sites (tertiary alicyclic amines) is 1. The summed E-state index contributed by atoms with van der Waals surface area (Å²) in [5, 5.41) is 8.88. The third kappa shape index (κ3) is 3.53. The molecular formula is C10H23N3O. The number of nitrogens with zero attached hydrogens (tertiary/aromatic N) is 2. The fraction of sp³-hybridized carbons (Fsp3) is 1.00. The number of nitrogens with two attached hydrogens (primary N) is 1. The molecular weight excluding hydrogens is 178 g/mol. The average Bonchev–Trinajstić information content (AvgIpc) is 2.18. The smallest absolute Gasteiger partial charge is 0.0595 e. The number of aliphatic hydroxyl groups is 1. The van der Waals surface area contributed by atoms with Crippen LogP contribution in [0, 0.1) is 0 Å². The van der Waals surface area contributed by atoms with Crippen LogP contribution in [0.4, 0.5) is 0 Å². The van der Waals surface area contributed by atoms with E-state index in [-0.39, 0.29) is 12.6 Å². The molecule has 3 N–H and O–H groups in total. The lowest BCUT2D eigenvalue weighted by Gasteiger charge is -2.36. The highest BCUT2D eigenvalue weighted by Crippen LogP contribution is 2.13. The highest BCUT2D eigenvalue weighted by Gasteiger charge is 2.22. The number of hydrogen-bond donors (Lipinski definition) is 2. The first-order chi connectivity index (χ1) is 6.63. The van der Waals surface area contributed by atoms with Crippen molar-refractivity contribution in [2.24, 2.45) is 5.73 Å². The lowest BCUT2D eigenvalue weighted by Crippen LogP contribution is -2.49. The van der Waals surface area contributed by atoms with E-state index >= 15 is 0 Å². The van der Waals surface area contributed by atoms with Crippen molar-refractivity contribution in [1.29, 1.82) is 0 Å². The lowest BCUT2D eigenvalue weighted by molar-refractivity contribution is 0.117. The number of rotatable bonds is 4. The van der Waals surface area contributed by atoms with Crippen LogP contribution in [0.3, 0.4) is 0 Å². The molecule has 1 aliphatic heterocycles. The van der Waals surface area contributed by atoms with Crippen molar-refractivity contribution in [2.75, 3.05) is 40.3 Å². The molecule has 0 aromatic heterocycles. The zero-order chi connectivity index (χ0) is 10.6. The van der Waals surface area contributed by atoms with Crippen LogP contribution in [0.1, 0.15) is 12.8 Å². The highest BCUT2D eigenvalue weighted by molar-refractivity contribution is 4.79. The van der Waals surface area contributed by atoms with E-state index in [0.717, 1.165) is 19.6 Å². The SMILES string of the molecule is CN(C)C1CCCN(CC(N)CO)C1. The molecule has 14 heavy (non-hydrogen) atoms. The molecule has 1 fully saturated rings. The van der Waals surface area contributed by atoms with Gasteiger partial charge in [0.1, 0.15) is 0 Å². The molecule has 1 heterocycles. The Balaban J connectivity index is 2.32. The van der Waals surface area contributed by atoms with Crippen molar-refractivity contribution < 1.29 is 5.11 Å². The molecule has 0 aromatic rings. The first kappa shape index (κ1) is 11.9. The topological polar surface area (TPSA) is 52.7 Å².